The van der Waals surface area contributed by atoms with Crippen LogP contribution in [0.15, 0.2) is 42.0 Å². The van der Waals surface area contributed by atoms with Crippen LogP contribution in [0.2, 0.25) is 4.63 Å². The van der Waals surface area contributed by atoms with Crippen molar-refractivity contribution in [3.8, 4) is 0 Å². The van der Waals surface area contributed by atoms with Crippen molar-refractivity contribution in [3.05, 3.63) is 42.0 Å². The third kappa shape index (κ3) is 1.80. The molecule has 0 fully saturated rings. The van der Waals surface area contributed by atoms with Crippen molar-refractivity contribution in [1.29, 1.82) is 0 Å². The van der Waals surface area contributed by atoms with Crippen molar-refractivity contribution in [2.75, 3.05) is 0 Å². The fourth-order valence-electron chi connectivity index (χ4n) is 2.31. The Balaban J connectivity index is 2.22. The van der Waals surface area contributed by atoms with Gasteiger partial charge in [0.2, 0.25) is 0 Å². The molecule has 0 unspecified atom stereocenters. The van der Waals surface area contributed by atoms with Crippen molar-refractivity contribution < 1.29 is 21.8 Å². The molecule has 0 radical (unpaired) electrons. The minimum atomic E-state index is -1.38. The molecule has 0 N–H and O–H groups in total. The van der Waals surface area contributed by atoms with Crippen LogP contribution in [0.25, 0.3) is 0 Å². The molecule has 0 atom stereocenters. The predicted molar refractivity (Wildman–Crippen MR) is 58.8 cm³/mol. The van der Waals surface area contributed by atoms with Gasteiger partial charge in [-0.15, -0.1) is 0 Å². The number of allylic oxidation sites excluding steroid dienone is 8. The van der Waals surface area contributed by atoms with Crippen LogP contribution in [-0.2, 0) is 21.8 Å². The van der Waals surface area contributed by atoms with E-state index in [1.54, 1.807) is 11.1 Å². The van der Waals surface area contributed by atoms with E-state index in [1.165, 1.54) is 12.8 Å². The molecule has 0 bridgehead atoms. The van der Waals surface area contributed by atoms with E-state index in [9.17, 15) is 0 Å². The molecule has 0 aromatic rings. The van der Waals surface area contributed by atoms with E-state index in [2.05, 4.69) is 42.8 Å². The SMILES string of the molecule is CC1=[C]([Zr]([CH3])[C]2=C(C)C=CC2)CC=C1. The second kappa shape index (κ2) is 4.15. The van der Waals surface area contributed by atoms with Gasteiger partial charge >= 0.3 is 95.1 Å². The Morgan fingerprint density at radius 2 is 1.36 bits per heavy atom. The molecule has 0 amide bonds. The Morgan fingerprint density at radius 3 is 1.64 bits per heavy atom. The van der Waals surface area contributed by atoms with Crippen LogP contribution >= 0.6 is 0 Å². The summed E-state index contributed by atoms with van der Waals surface area (Å²) in [5.74, 6) is 0. The molecule has 0 heterocycles. The van der Waals surface area contributed by atoms with Gasteiger partial charge in [-0.25, -0.2) is 0 Å². The standard InChI is InChI=1S/2C6H7.CH3.Zr/c2*1-6-4-2-3-5-6;;/h2*2,4H,3H2,1H3;1H3;. The topological polar surface area (TPSA) is 0 Å². The minimum absolute atomic E-state index is 1.24. The Hall–Kier alpha value is -0.157. The summed E-state index contributed by atoms with van der Waals surface area (Å²) in [6.45, 7) is 4.56. The molecule has 73 valence electrons. The normalized spacial score (nSPS) is 20.2. The van der Waals surface area contributed by atoms with Crippen LogP contribution in [0.4, 0.5) is 0 Å². The van der Waals surface area contributed by atoms with Gasteiger partial charge in [0.1, 0.15) is 0 Å². The maximum absolute atomic E-state index is 2.54. The van der Waals surface area contributed by atoms with Crippen LogP contribution in [0.5, 0.6) is 0 Å². The number of rotatable bonds is 2. The van der Waals surface area contributed by atoms with Gasteiger partial charge < -0.3 is 0 Å². The van der Waals surface area contributed by atoms with Crippen molar-refractivity contribution in [3.63, 3.8) is 0 Å². The molecule has 0 spiro atoms. The van der Waals surface area contributed by atoms with E-state index >= 15 is 0 Å². The first-order valence-electron chi connectivity index (χ1n) is 5.27. The van der Waals surface area contributed by atoms with Crippen molar-refractivity contribution >= 4 is 0 Å². The summed E-state index contributed by atoms with van der Waals surface area (Å²) in [6.07, 6.45) is 11.7. The summed E-state index contributed by atoms with van der Waals surface area (Å²) in [5.41, 5.74) is 3.13. The second-order valence-electron chi connectivity index (χ2n) is 4.16. The molecule has 2 aliphatic carbocycles. The van der Waals surface area contributed by atoms with Crippen molar-refractivity contribution in [2.45, 2.75) is 31.3 Å². The quantitative estimate of drug-likeness (QED) is 0.704. The second-order valence-corrected chi connectivity index (χ2v) is 10.2. The molecule has 0 aromatic carbocycles. The van der Waals surface area contributed by atoms with Gasteiger partial charge in [-0.3, -0.25) is 0 Å². The van der Waals surface area contributed by atoms with E-state index in [0.29, 0.717) is 0 Å². The van der Waals surface area contributed by atoms with Gasteiger partial charge in [-0.05, 0) is 0 Å². The van der Waals surface area contributed by atoms with Crippen LogP contribution in [-0.4, -0.2) is 0 Å². The zero-order chi connectivity index (χ0) is 10.1. The first-order chi connectivity index (χ1) is 6.70. The average Bonchev–Trinajstić information content (AvgIpc) is 2.73. The van der Waals surface area contributed by atoms with Gasteiger partial charge in [-0.2, -0.15) is 0 Å². The van der Waals surface area contributed by atoms with E-state index in [-0.39, 0.29) is 0 Å². The first-order valence-corrected chi connectivity index (χ1v) is 10.2. The molecule has 1 heteroatoms. The molecule has 0 saturated carbocycles. The van der Waals surface area contributed by atoms with E-state index in [4.69, 9.17) is 0 Å². The Labute approximate surface area is 94.8 Å². The van der Waals surface area contributed by atoms with E-state index in [0.717, 1.165) is 0 Å². The molecule has 14 heavy (non-hydrogen) atoms. The van der Waals surface area contributed by atoms with Crippen LogP contribution in [0, 0.1) is 0 Å². The van der Waals surface area contributed by atoms with Gasteiger partial charge in [0.25, 0.3) is 0 Å². The van der Waals surface area contributed by atoms with Gasteiger partial charge in [-0.1, -0.05) is 0 Å². The maximum atomic E-state index is 2.54. The molecule has 0 saturated heterocycles. The Bertz CT molecular complexity index is 331. The summed E-state index contributed by atoms with van der Waals surface area (Å²) in [5, 5.41) is 0. The predicted octanol–water partition coefficient (Wildman–Crippen LogP) is 4.12. The molecular formula is C13H17Zr. The van der Waals surface area contributed by atoms with Crippen LogP contribution in [0.3, 0.4) is 0 Å². The third-order valence-corrected chi connectivity index (χ3v) is 10.6. The monoisotopic (exact) mass is 263 g/mol. The summed E-state index contributed by atoms with van der Waals surface area (Å²) >= 11 is -1.38. The summed E-state index contributed by atoms with van der Waals surface area (Å²) < 4.78 is 6.16. The first kappa shape index (κ1) is 10.4. The zero-order valence-electron chi connectivity index (χ0n) is 9.22. The van der Waals surface area contributed by atoms with Gasteiger partial charge in [0.15, 0.2) is 0 Å². The molecular weight excluding hydrogens is 247 g/mol. The molecule has 0 aromatic heterocycles. The molecule has 2 rings (SSSR count). The summed E-state index contributed by atoms with van der Waals surface area (Å²) in [4.78, 5) is 0. The van der Waals surface area contributed by atoms with Crippen LogP contribution < -0.4 is 0 Å². The number of hydrogen-bond acceptors (Lipinski definition) is 0. The van der Waals surface area contributed by atoms with Gasteiger partial charge in [0.05, 0.1) is 0 Å². The molecule has 2 aliphatic rings. The van der Waals surface area contributed by atoms with E-state index in [1.807, 2.05) is 6.56 Å². The zero-order valence-corrected chi connectivity index (χ0v) is 11.7. The Morgan fingerprint density at radius 1 is 0.929 bits per heavy atom. The molecule has 0 nitrogen and oxygen atoms in total. The van der Waals surface area contributed by atoms with Crippen molar-refractivity contribution in [1.82, 2.24) is 0 Å². The van der Waals surface area contributed by atoms with E-state index < -0.39 is 21.8 Å². The summed E-state index contributed by atoms with van der Waals surface area (Å²) in [6, 6.07) is 0. The Kier molecular flexibility index (Phi) is 3.07. The number of hydrogen-bond donors (Lipinski definition) is 0. The van der Waals surface area contributed by atoms with Crippen molar-refractivity contribution in [2.24, 2.45) is 0 Å². The van der Waals surface area contributed by atoms with Crippen LogP contribution in [0.1, 0.15) is 26.7 Å². The fourth-order valence-corrected chi connectivity index (χ4v) is 8.61. The average molecular weight is 265 g/mol. The third-order valence-electron chi connectivity index (χ3n) is 3.24. The summed E-state index contributed by atoms with van der Waals surface area (Å²) in [7, 11) is 0. The fraction of sp³-hybridized carbons (Fsp3) is 0.385. The molecule has 0 aliphatic heterocycles. The van der Waals surface area contributed by atoms with Gasteiger partial charge in [0, 0.05) is 0 Å².